The van der Waals surface area contributed by atoms with Crippen LogP contribution in [-0.4, -0.2) is 15.9 Å². The van der Waals surface area contributed by atoms with Gasteiger partial charge in [0.1, 0.15) is 11.9 Å². The Labute approximate surface area is 157 Å². The van der Waals surface area contributed by atoms with Gasteiger partial charge in [-0.1, -0.05) is 42.5 Å². The predicted octanol–water partition coefficient (Wildman–Crippen LogP) is 2.78. The number of aromatic nitrogens is 2. The summed E-state index contributed by atoms with van der Waals surface area (Å²) in [5, 5.41) is 0. The van der Waals surface area contributed by atoms with E-state index in [0.29, 0.717) is 17.1 Å². The average Bonchev–Trinajstić information content (AvgIpc) is 2.68. The molecule has 0 fully saturated rings. The molecule has 0 aliphatic rings. The van der Waals surface area contributed by atoms with E-state index in [0.717, 1.165) is 11.1 Å². The van der Waals surface area contributed by atoms with Crippen LogP contribution in [0.2, 0.25) is 0 Å². The Morgan fingerprint density at radius 1 is 1.04 bits per heavy atom. The predicted molar refractivity (Wildman–Crippen MR) is 104 cm³/mol. The van der Waals surface area contributed by atoms with E-state index < -0.39 is 12.0 Å². The summed E-state index contributed by atoms with van der Waals surface area (Å²) in [6.07, 6.45) is -0.524. The highest BCUT2D eigenvalue weighted by molar-refractivity contribution is 5.96. The van der Waals surface area contributed by atoms with Gasteiger partial charge in [-0.05, 0) is 37.1 Å². The van der Waals surface area contributed by atoms with Crippen molar-refractivity contribution in [1.29, 1.82) is 0 Å². The molecule has 1 unspecified atom stereocenters. The standard InChI is InChI=1S/C20H21N5O2/c1-12-17(19(26)25-22)18(24-20(21)23-12)13(2)27-16-10-8-15(9-11-16)14-6-4-3-5-7-14/h3-11,13H,22H2,1-2H3,(H,25,26)(H2,21,23,24). The maximum absolute atomic E-state index is 12.1. The number of benzene rings is 2. The third-order valence-corrected chi connectivity index (χ3v) is 4.15. The van der Waals surface area contributed by atoms with E-state index in [1.165, 1.54) is 0 Å². The number of nitrogen functional groups attached to an aromatic ring is 2. The van der Waals surface area contributed by atoms with Crippen LogP contribution >= 0.6 is 0 Å². The molecule has 0 bridgehead atoms. The van der Waals surface area contributed by atoms with Crippen LogP contribution in [0.3, 0.4) is 0 Å². The molecule has 0 saturated heterocycles. The largest absolute Gasteiger partial charge is 0.484 e. The zero-order valence-corrected chi connectivity index (χ0v) is 15.1. The van der Waals surface area contributed by atoms with E-state index in [1.54, 1.807) is 13.8 Å². The first-order valence-electron chi connectivity index (χ1n) is 8.46. The molecule has 5 N–H and O–H groups in total. The Morgan fingerprint density at radius 2 is 1.67 bits per heavy atom. The molecule has 0 aliphatic heterocycles. The van der Waals surface area contributed by atoms with Crippen LogP contribution in [0.1, 0.15) is 34.8 Å². The number of hydrogen-bond acceptors (Lipinski definition) is 6. The molecular weight excluding hydrogens is 342 g/mol. The summed E-state index contributed by atoms with van der Waals surface area (Å²) >= 11 is 0. The van der Waals surface area contributed by atoms with E-state index >= 15 is 0 Å². The highest BCUT2D eigenvalue weighted by atomic mass is 16.5. The summed E-state index contributed by atoms with van der Waals surface area (Å²) < 4.78 is 5.97. The number of nitrogens with one attached hydrogen (secondary N) is 1. The van der Waals surface area contributed by atoms with Gasteiger partial charge in [0.15, 0.2) is 0 Å². The van der Waals surface area contributed by atoms with Gasteiger partial charge in [0.2, 0.25) is 5.95 Å². The first kappa shape index (κ1) is 18.3. The minimum Gasteiger partial charge on any atom is -0.484 e. The molecular formula is C20H21N5O2. The van der Waals surface area contributed by atoms with Gasteiger partial charge in [-0.3, -0.25) is 10.2 Å². The van der Waals surface area contributed by atoms with Crippen LogP contribution in [-0.2, 0) is 0 Å². The number of ether oxygens (including phenoxy) is 1. The van der Waals surface area contributed by atoms with E-state index in [9.17, 15) is 4.79 Å². The normalized spacial score (nSPS) is 11.7. The molecule has 138 valence electrons. The summed E-state index contributed by atoms with van der Waals surface area (Å²) in [6.45, 7) is 3.47. The minimum absolute atomic E-state index is 0.0750. The fourth-order valence-corrected chi connectivity index (χ4v) is 2.88. The summed E-state index contributed by atoms with van der Waals surface area (Å²) in [5.41, 5.74) is 11.2. The molecule has 3 aromatic rings. The van der Waals surface area contributed by atoms with E-state index in [4.69, 9.17) is 16.3 Å². The SMILES string of the molecule is Cc1nc(N)nc(C(C)Oc2ccc(-c3ccccc3)cc2)c1C(=O)NN. The molecule has 2 aromatic carbocycles. The molecule has 0 radical (unpaired) electrons. The lowest BCUT2D eigenvalue weighted by Crippen LogP contribution is -2.33. The van der Waals surface area contributed by atoms with Crippen molar-refractivity contribution < 1.29 is 9.53 Å². The summed E-state index contributed by atoms with van der Waals surface area (Å²) in [5.74, 6) is 5.51. The van der Waals surface area contributed by atoms with E-state index in [2.05, 4.69) is 15.4 Å². The monoisotopic (exact) mass is 363 g/mol. The maximum atomic E-state index is 12.1. The van der Waals surface area contributed by atoms with Crippen molar-refractivity contribution in [3.05, 3.63) is 71.5 Å². The molecule has 0 aliphatic carbocycles. The molecule has 7 heteroatoms. The van der Waals surface area contributed by atoms with Crippen LogP contribution in [0, 0.1) is 6.92 Å². The molecule has 27 heavy (non-hydrogen) atoms. The number of rotatable bonds is 5. The molecule has 1 atom stereocenters. The van der Waals surface area contributed by atoms with Crippen LogP contribution in [0.25, 0.3) is 11.1 Å². The lowest BCUT2D eigenvalue weighted by atomic mass is 10.1. The van der Waals surface area contributed by atoms with E-state index in [-0.39, 0.29) is 11.5 Å². The molecule has 1 amide bonds. The number of nitrogens with two attached hydrogens (primary N) is 2. The van der Waals surface area contributed by atoms with Gasteiger partial charge >= 0.3 is 0 Å². The number of amides is 1. The second-order valence-corrected chi connectivity index (χ2v) is 6.05. The van der Waals surface area contributed by atoms with Crippen LogP contribution in [0.4, 0.5) is 5.95 Å². The number of aryl methyl sites for hydroxylation is 1. The second kappa shape index (κ2) is 7.84. The number of hydrazine groups is 1. The first-order chi connectivity index (χ1) is 13.0. The van der Waals surface area contributed by atoms with Crippen molar-refractivity contribution in [2.24, 2.45) is 5.84 Å². The van der Waals surface area contributed by atoms with Gasteiger partial charge < -0.3 is 10.5 Å². The summed E-state index contributed by atoms with van der Waals surface area (Å²) in [7, 11) is 0. The Kier molecular flexibility index (Phi) is 5.33. The lowest BCUT2D eigenvalue weighted by Gasteiger charge is -2.18. The average molecular weight is 363 g/mol. The number of anilines is 1. The molecule has 1 heterocycles. The lowest BCUT2D eigenvalue weighted by molar-refractivity contribution is 0.0946. The Balaban J connectivity index is 1.85. The number of hydrogen-bond donors (Lipinski definition) is 3. The third kappa shape index (κ3) is 4.04. The quantitative estimate of drug-likeness (QED) is 0.365. The van der Waals surface area contributed by atoms with Crippen LogP contribution in [0.15, 0.2) is 54.6 Å². The smallest absolute Gasteiger partial charge is 0.269 e. The van der Waals surface area contributed by atoms with Crippen molar-refractivity contribution in [2.75, 3.05) is 5.73 Å². The highest BCUT2D eigenvalue weighted by Crippen LogP contribution is 2.27. The summed E-state index contributed by atoms with van der Waals surface area (Å²) in [4.78, 5) is 20.3. The van der Waals surface area contributed by atoms with Gasteiger partial charge in [-0.15, -0.1) is 0 Å². The Morgan fingerprint density at radius 3 is 2.30 bits per heavy atom. The first-order valence-corrected chi connectivity index (χ1v) is 8.46. The fourth-order valence-electron chi connectivity index (χ4n) is 2.88. The van der Waals surface area contributed by atoms with Crippen molar-refractivity contribution in [3.8, 4) is 16.9 Å². The van der Waals surface area contributed by atoms with Crippen LogP contribution in [0.5, 0.6) is 5.75 Å². The van der Waals surface area contributed by atoms with Gasteiger partial charge in [0, 0.05) is 0 Å². The maximum Gasteiger partial charge on any atom is 0.269 e. The van der Waals surface area contributed by atoms with E-state index in [1.807, 2.05) is 54.6 Å². The van der Waals surface area contributed by atoms with Crippen molar-refractivity contribution in [1.82, 2.24) is 15.4 Å². The minimum atomic E-state index is -0.524. The molecule has 1 aromatic heterocycles. The van der Waals surface area contributed by atoms with Gasteiger partial charge in [0.05, 0.1) is 17.0 Å². The highest BCUT2D eigenvalue weighted by Gasteiger charge is 2.23. The van der Waals surface area contributed by atoms with Gasteiger partial charge in [-0.25, -0.2) is 15.8 Å². The van der Waals surface area contributed by atoms with Crippen molar-refractivity contribution in [3.63, 3.8) is 0 Å². The second-order valence-electron chi connectivity index (χ2n) is 6.05. The molecule has 0 spiro atoms. The number of nitrogens with zero attached hydrogens (tertiary/aromatic N) is 2. The zero-order valence-electron chi connectivity index (χ0n) is 15.1. The van der Waals surface area contributed by atoms with Crippen molar-refractivity contribution >= 4 is 11.9 Å². The van der Waals surface area contributed by atoms with Crippen molar-refractivity contribution in [2.45, 2.75) is 20.0 Å². The van der Waals surface area contributed by atoms with Gasteiger partial charge in [0.25, 0.3) is 5.91 Å². The molecule has 3 rings (SSSR count). The fraction of sp³-hybridized carbons (Fsp3) is 0.150. The topological polar surface area (TPSA) is 116 Å². The zero-order chi connectivity index (χ0) is 19.4. The molecule has 0 saturated carbocycles. The Bertz CT molecular complexity index is 943. The number of carbonyl (C=O) groups excluding carboxylic acids is 1. The van der Waals surface area contributed by atoms with Gasteiger partial charge in [-0.2, -0.15) is 0 Å². The third-order valence-electron chi connectivity index (χ3n) is 4.15. The number of carbonyl (C=O) groups is 1. The summed E-state index contributed by atoms with van der Waals surface area (Å²) in [6, 6.07) is 17.8. The van der Waals surface area contributed by atoms with Crippen LogP contribution < -0.4 is 21.7 Å². The Hall–Kier alpha value is -3.45. The molecule has 7 nitrogen and oxygen atoms in total.